The molecule has 0 unspecified atom stereocenters. The second kappa shape index (κ2) is 8.67. The summed E-state index contributed by atoms with van der Waals surface area (Å²) in [5.74, 6) is 6.22. The highest BCUT2D eigenvalue weighted by Gasteiger charge is 2.12. The van der Waals surface area contributed by atoms with Crippen molar-refractivity contribution >= 4 is 35.5 Å². The number of anilines is 2. The Kier molecular flexibility index (Phi) is 5.84. The Hall–Kier alpha value is -3.33. The van der Waals surface area contributed by atoms with Crippen LogP contribution in [0.4, 0.5) is 11.6 Å². The van der Waals surface area contributed by atoms with Crippen molar-refractivity contribution in [1.29, 1.82) is 0 Å². The molecule has 0 spiro atoms. The van der Waals surface area contributed by atoms with Gasteiger partial charge in [-0.3, -0.25) is 4.79 Å². The van der Waals surface area contributed by atoms with Crippen LogP contribution in [0.5, 0.6) is 0 Å². The number of rotatable bonds is 7. The highest BCUT2D eigenvalue weighted by Crippen LogP contribution is 2.17. The van der Waals surface area contributed by atoms with Crippen molar-refractivity contribution in [3.8, 4) is 0 Å². The smallest absolute Gasteiger partial charge is 0.264 e. The van der Waals surface area contributed by atoms with Crippen molar-refractivity contribution in [3.05, 3.63) is 66.2 Å². The third kappa shape index (κ3) is 4.84. The number of carbonyl (C=O) groups is 1. The molecule has 8 nitrogen and oxygen atoms in total. The van der Waals surface area contributed by atoms with Crippen LogP contribution in [-0.4, -0.2) is 32.7 Å². The highest BCUT2D eigenvalue weighted by atomic mass is 32.2. The third-order valence-electron chi connectivity index (χ3n) is 3.23. The zero-order chi connectivity index (χ0) is 18.2. The van der Waals surface area contributed by atoms with Gasteiger partial charge in [-0.1, -0.05) is 60.3 Å². The molecule has 4 N–H and O–H groups in total. The molecule has 0 atom stereocenters. The minimum Gasteiger partial charge on any atom is -0.334 e. The van der Waals surface area contributed by atoms with E-state index in [1.54, 1.807) is 6.21 Å². The predicted molar refractivity (Wildman–Crippen MR) is 104 cm³/mol. The Balaban J connectivity index is 1.52. The fourth-order valence-corrected chi connectivity index (χ4v) is 2.66. The molecule has 3 rings (SSSR count). The lowest BCUT2D eigenvalue weighted by atomic mass is 10.2. The van der Waals surface area contributed by atoms with Crippen molar-refractivity contribution in [2.24, 2.45) is 5.10 Å². The minimum absolute atomic E-state index is 0.152. The largest absolute Gasteiger partial charge is 0.334 e. The zero-order valence-corrected chi connectivity index (χ0v) is 14.6. The molecule has 0 saturated carbocycles. The fourth-order valence-electron chi connectivity index (χ4n) is 2.00. The number of hydrogen-bond acceptors (Lipinski definition) is 7. The molecule has 0 aliphatic carbocycles. The molecule has 26 heavy (non-hydrogen) atoms. The number of para-hydroxylation sites is 1. The number of nitrogen functional groups attached to an aromatic ring is 1. The fraction of sp³-hybridized carbons (Fsp3) is 0.0588. The van der Waals surface area contributed by atoms with Crippen LogP contribution >= 0.6 is 11.8 Å². The number of carbonyl (C=O) groups excluding carboxylic acids is 1. The second-order valence-corrected chi connectivity index (χ2v) is 6.10. The number of nitrogens with zero attached hydrogens (tertiary/aromatic N) is 4. The van der Waals surface area contributed by atoms with Crippen molar-refractivity contribution < 1.29 is 4.79 Å². The molecule has 132 valence electrons. The van der Waals surface area contributed by atoms with Crippen LogP contribution in [0.15, 0.2) is 70.9 Å². The van der Waals surface area contributed by atoms with E-state index in [-0.39, 0.29) is 17.6 Å². The van der Waals surface area contributed by atoms with Gasteiger partial charge in [-0.2, -0.15) is 5.10 Å². The summed E-state index contributed by atoms with van der Waals surface area (Å²) in [4.78, 5) is 12.0. The maximum absolute atomic E-state index is 12.0. The zero-order valence-electron chi connectivity index (χ0n) is 13.7. The van der Waals surface area contributed by atoms with E-state index in [2.05, 4.69) is 26.0 Å². The van der Waals surface area contributed by atoms with Crippen molar-refractivity contribution in [2.75, 3.05) is 22.3 Å². The second-order valence-electron chi connectivity index (χ2n) is 5.16. The summed E-state index contributed by atoms with van der Waals surface area (Å²) in [6.07, 6.45) is 1.65. The molecule has 0 aliphatic rings. The van der Waals surface area contributed by atoms with Gasteiger partial charge in [0, 0.05) is 5.69 Å². The number of benzene rings is 2. The first kappa shape index (κ1) is 17.5. The summed E-state index contributed by atoms with van der Waals surface area (Å²) in [5, 5.41) is 15.1. The number of nitrogens with two attached hydrogens (primary N) is 1. The quantitative estimate of drug-likeness (QED) is 0.255. The molecule has 0 saturated heterocycles. The van der Waals surface area contributed by atoms with E-state index in [4.69, 9.17) is 5.84 Å². The summed E-state index contributed by atoms with van der Waals surface area (Å²) in [6, 6.07) is 18.8. The van der Waals surface area contributed by atoms with E-state index < -0.39 is 0 Å². The average molecular weight is 367 g/mol. The topological polar surface area (TPSA) is 110 Å². The maximum Gasteiger partial charge on any atom is 0.264 e. The normalized spacial score (nSPS) is 10.8. The van der Waals surface area contributed by atoms with Gasteiger partial charge in [-0.05, 0) is 17.7 Å². The maximum atomic E-state index is 12.0. The van der Waals surface area contributed by atoms with Gasteiger partial charge in [-0.25, -0.2) is 10.1 Å². The number of hydrazone groups is 1. The van der Waals surface area contributed by atoms with E-state index in [0.29, 0.717) is 5.16 Å². The summed E-state index contributed by atoms with van der Waals surface area (Å²) < 4.78 is 1.25. The summed E-state index contributed by atoms with van der Waals surface area (Å²) in [5.41, 5.74) is 4.41. The van der Waals surface area contributed by atoms with Gasteiger partial charge < -0.3 is 11.2 Å². The molecule has 9 heteroatoms. The van der Waals surface area contributed by atoms with E-state index >= 15 is 0 Å². The molecule has 1 amide bonds. The summed E-state index contributed by atoms with van der Waals surface area (Å²) in [7, 11) is 0. The van der Waals surface area contributed by atoms with Crippen LogP contribution in [0.25, 0.3) is 0 Å². The number of aromatic nitrogens is 3. The van der Waals surface area contributed by atoms with Crippen molar-refractivity contribution in [3.63, 3.8) is 0 Å². The first-order valence-corrected chi connectivity index (χ1v) is 8.73. The Labute approximate surface area is 154 Å². The van der Waals surface area contributed by atoms with Crippen LogP contribution < -0.4 is 16.6 Å². The van der Waals surface area contributed by atoms with Gasteiger partial charge in [0.05, 0.1) is 12.0 Å². The number of hydrogen-bond donors (Lipinski definition) is 3. The van der Waals surface area contributed by atoms with E-state index in [1.165, 1.54) is 16.4 Å². The Morgan fingerprint density at radius 1 is 1.12 bits per heavy atom. The van der Waals surface area contributed by atoms with Crippen LogP contribution in [0.2, 0.25) is 0 Å². The van der Waals surface area contributed by atoms with Gasteiger partial charge in [0.25, 0.3) is 5.95 Å². The van der Waals surface area contributed by atoms with Crippen LogP contribution in [0, 0.1) is 0 Å². The monoisotopic (exact) mass is 367 g/mol. The molecule has 1 heterocycles. The number of thioether (sulfide) groups is 1. The Morgan fingerprint density at radius 2 is 1.81 bits per heavy atom. The Morgan fingerprint density at radius 3 is 2.54 bits per heavy atom. The molecule has 2 aromatic carbocycles. The van der Waals surface area contributed by atoms with Crippen molar-refractivity contribution in [2.45, 2.75) is 5.16 Å². The molecule has 1 aromatic heterocycles. The van der Waals surface area contributed by atoms with E-state index in [1.807, 2.05) is 60.7 Å². The van der Waals surface area contributed by atoms with Crippen LogP contribution in [0.1, 0.15) is 5.56 Å². The highest BCUT2D eigenvalue weighted by molar-refractivity contribution is 7.99. The van der Waals surface area contributed by atoms with Gasteiger partial charge >= 0.3 is 0 Å². The lowest BCUT2D eigenvalue weighted by molar-refractivity contribution is -0.113. The first-order chi connectivity index (χ1) is 12.7. The van der Waals surface area contributed by atoms with Gasteiger partial charge in [0.15, 0.2) is 0 Å². The molecule has 0 bridgehead atoms. The van der Waals surface area contributed by atoms with Gasteiger partial charge in [-0.15, -0.1) is 10.2 Å². The van der Waals surface area contributed by atoms with Crippen LogP contribution in [-0.2, 0) is 4.79 Å². The SMILES string of the molecule is Nn1c(N/N=C/c2ccccc2)nnc1SCC(=O)Nc1ccccc1. The molecular formula is C17H17N7OS. The molecule has 3 aromatic rings. The molecular weight excluding hydrogens is 350 g/mol. The lowest BCUT2D eigenvalue weighted by Gasteiger charge is -2.05. The van der Waals surface area contributed by atoms with Gasteiger partial charge in [0.1, 0.15) is 0 Å². The van der Waals surface area contributed by atoms with Gasteiger partial charge in [0.2, 0.25) is 11.1 Å². The molecule has 0 fully saturated rings. The van der Waals surface area contributed by atoms with E-state index in [0.717, 1.165) is 11.3 Å². The number of nitrogens with one attached hydrogen (secondary N) is 2. The molecule has 0 aliphatic heterocycles. The number of amides is 1. The minimum atomic E-state index is -0.152. The first-order valence-electron chi connectivity index (χ1n) is 7.74. The van der Waals surface area contributed by atoms with E-state index in [9.17, 15) is 4.79 Å². The summed E-state index contributed by atoms with van der Waals surface area (Å²) in [6.45, 7) is 0. The molecule has 0 radical (unpaired) electrons. The standard InChI is InChI=1S/C17H17N7OS/c18-24-16(21-19-11-13-7-3-1-4-8-13)22-23-17(24)26-12-15(25)20-14-9-5-2-6-10-14/h1-11H,12,18H2,(H,20,25)(H,21,22)/b19-11+. The Bertz CT molecular complexity index is 881. The van der Waals surface area contributed by atoms with Crippen LogP contribution in [0.3, 0.4) is 0 Å². The third-order valence-corrected chi connectivity index (χ3v) is 4.18. The lowest BCUT2D eigenvalue weighted by Crippen LogP contribution is -2.16. The average Bonchev–Trinajstić information content (AvgIpc) is 3.02. The predicted octanol–water partition coefficient (Wildman–Crippen LogP) is 2.17. The van der Waals surface area contributed by atoms with Crippen molar-refractivity contribution in [1.82, 2.24) is 14.9 Å². The summed E-state index contributed by atoms with van der Waals surface area (Å²) >= 11 is 1.19.